The largest absolute Gasteiger partial charge is 0.481 e. The molecule has 0 spiro atoms. The van der Waals surface area contributed by atoms with Crippen LogP contribution < -0.4 is 5.73 Å². The highest BCUT2D eigenvalue weighted by Crippen LogP contribution is 2.41. The molecule has 17 heteroatoms. The highest BCUT2D eigenvalue weighted by Gasteiger charge is 2.56. The number of ketones is 1. The van der Waals surface area contributed by atoms with Crippen LogP contribution in [-0.4, -0.2) is 179 Å². The van der Waals surface area contributed by atoms with E-state index in [1.807, 2.05) is 85.0 Å². The number of methoxy groups -OCH3 is 1. The van der Waals surface area contributed by atoms with Gasteiger partial charge in [-0.2, -0.15) is 0 Å². The molecule has 0 radical (unpaired) electrons. The highest BCUT2D eigenvalue weighted by molar-refractivity contribution is 5.99. The molecule has 2 aliphatic heterocycles. The summed E-state index contributed by atoms with van der Waals surface area (Å²) in [7, 11) is 11.3. The Morgan fingerprint density at radius 2 is 1.77 bits per heavy atom. The van der Waals surface area contributed by atoms with Crippen LogP contribution in [0.4, 0.5) is 10.5 Å². The third-order valence-electron chi connectivity index (χ3n) is 14.1. The number of benzene rings is 1. The number of aliphatic carboxylic acids is 1. The Morgan fingerprint density at radius 3 is 2.36 bits per heavy atom. The zero-order valence-corrected chi connectivity index (χ0v) is 41.1. The van der Waals surface area contributed by atoms with Crippen molar-refractivity contribution in [3.63, 3.8) is 0 Å². The molecule has 0 aliphatic carbocycles. The summed E-state index contributed by atoms with van der Waals surface area (Å²) in [6.45, 7) is 17.8. The molecule has 4 rings (SSSR count). The third kappa shape index (κ3) is 12.6. The fraction of sp³-hybridized carbons (Fsp3) is 0.766. The minimum Gasteiger partial charge on any atom is -0.481 e. The van der Waals surface area contributed by atoms with E-state index in [2.05, 4.69) is 56.9 Å². The Morgan fingerprint density at radius 1 is 1.09 bits per heavy atom. The normalized spacial score (nSPS) is 26.7. The van der Waals surface area contributed by atoms with Crippen molar-refractivity contribution >= 4 is 23.5 Å². The van der Waals surface area contributed by atoms with E-state index in [0.717, 1.165) is 30.5 Å². The maximum Gasteiger partial charge on any atom is 0.410 e. The van der Waals surface area contributed by atoms with Crippen LogP contribution in [0.2, 0.25) is 0 Å². The van der Waals surface area contributed by atoms with Gasteiger partial charge in [0.25, 0.3) is 0 Å². The number of carboxylic acid groups (broad SMARTS) is 1. The number of carbonyl (C=O) groups excluding carboxylic acids is 2. The van der Waals surface area contributed by atoms with E-state index in [9.17, 15) is 24.6 Å². The molecule has 17 nitrogen and oxygen atoms in total. The first kappa shape index (κ1) is 52.9. The summed E-state index contributed by atoms with van der Waals surface area (Å²) in [5.41, 5.74) is 6.43. The number of cyclic esters (lactones) is 1. The molecule has 0 bridgehead atoms. The number of Topliss-reactive ketones (excluding diaryl/α,β-unsaturated/α-hetero) is 1. The number of hydrogen-bond donors (Lipinski definition) is 3. The molecule has 3 heterocycles. The lowest BCUT2D eigenvalue weighted by molar-refractivity contribution is -0.298. The van der Waals surface area contributed by atoms with Gasteiger partial charge < -0.3 is 49.6 Å². The minimum absolute atomic E-state index is 0.0443. The molecule has 13 atom stereocenters. The Labute approximate surface area is 381 Å². The zero-order chi connectivity index (χ0) is 47.8. The van der Waals surface area contributed by atoms with Gasteiger partial charge in [0, 0.05) is 62.5 Å². The van der Waals surface area contributed by atoms with Gasteiger partial charge in [0.15, 0.2) is 12.1 Å². The second-order valence-corrected chi connectivity index (χ2v) is 19.7. The van der Waals surface area contributed by atoms with Crippen molar-refractivity contribution in [2.75, 3.05) is 67.7 Å². The predicted octanol–water partition coefficient (Wildman–Crippen LogP) is 4.96. The monoisotopic (exact) mass is 901 g/mol. The van der Waals surface area contributed by atoms with Gasteiger partial charge >= 0.3 is 12.1 Å². The van der Waals surface area contributed by atoms with Crippen LogP contribution >= 0.6 is 0 Å². The van der Waals surface area contributed by atoms with Gasteiger partial charge in [-0.05, 0) is 119 Å². The Bertz CT molecular complexity index is 1830. The fourth-order valence-electron chi connectivity index (χ4n) is 9.93. The number of aromatic nitrogens is 3. The lowest BCUT2D eigenvalue weighted by Crippen LogP contribution is -2.60. The number of hydrogen-bond acceptors (Lipinski definition) is 14. The molecule has 1 aromatic carbocycles. The lowest BCUT2D eigenvalue weighted by Gasteiger charge is -2.47. The standard InChI is InChI=1S/C47H80N8O9/c1-15-30(3)47(8)41(55(45(60)64-47)22-17-16-21-54-28-37(49-50-54)34-19-18-20-35(48)23-34)33(6)53(13)26-29(2)25-46(7,61-14)42(31(4)39(56)32(5)43(58)59)63-44-40(57)38(52(11)12)24-36(62-44)27-51(9)10/h18-20,23,28-33,36,38,40-42,44,57H,15-17,21-22,24-27,48H2,1-14H3,(H,58,59)/t29-,30-,31+,32-,33-,36?,38?,40?,41-,42-,44+,46-,47-/m1/s1. The zero-order valence-electron chi connectivity index (χ0n) is 41.1. The molecular weight excluding hydrogens is 821 g/mol. The molecule has 64 heavy (non-hydrogen) atoms. The number of aliphatic hydroxyl groups is 1. The van der Waals surface area contributed by atoms with Crippen molar-refractivity contribution in [2.24, 2.45) is 23.7 Å². The maximum absolute atomic E-state index is 13.8. The first-order valence-corrected chi connectivity index (χ1v) is 23.0. The number of rotatable bonds is 25. The number of aryl methyl sites for hydroxylation is 1. The predicted molar refractivity (Wildman–Crippen MR) is 246 cm³/mol. The van der Waals surface area contributed by atoms with Gasteiger partial charge in [-0.25, -0.2) is 4.79 Å². The SMILES string of the molecule is CC[C@@H](C)[C@@]1(C)OC(=O)N(CCCCn2cc(-c3cccc(N)c3)nn2)[C@@H]1[C@@H](C)N(C)C[C@H](C)C[C@@](C)(OC)[C@H](O[C@@H]1OC(CN(C)C)CC(N(C)C)C1O)[C@@H](C)C(=O)[C@@H](C)C(=O)O. The van der Waals surface area contributed by atoms with E-state index in [1.165, 1.54) is 6.92 Å². The topological polar surface area (TPSA) is 198 Å². The molecule has 2 aliphatic rings. The second kappa shape index (κ2) is 22.7. The van der Waals surface area contributed by atoms with Gasteiger partial charge in [0.2, 0.25) is 0 Å². The summed E-state index contributed by atoms with van der Waals surface area (Å²) in [6.07, 6.45) is 1.53. The Hall–Kier alpha value is -3.71. The van der Waals surface area contributed by atoms with E-state index in [-0.39, 0.29) is 42.2 Å². The van der Waals surface area contributed by atoms with Crippen LogP contribution in [0.15, 0.2) is 30.5 Å². The van der Waals surface area contributed by atoms with Crippen molar-refractivity contribution in [2.45, 2.75) is 148 Å². The van der Waals surface area contributed by atoms with Crippen molar-refractivity contribution in [1.82, 2.24) is 34.6 Å². The summed E-state index contributed by atoms with van der Waals surface area (Å²) in [6, 6.07) is 6.89. The summed E-state index contributed by atoms with van der Waals surface area (Å²) in [4.78, 5) is 47.8. The molecule has 1 amide bonds. The molecule has 1 aromatic heterocycles. The fourth-order valence-corrected chi connectivity index (χ4v) is 9.93. The number of nitrogens with zero attached hydrogens (tertiary/aromatic N) is 7. The molecule has 0 saturated carbocycles. The number of nitrogen functional groups attached to an aromatic ring is 1. The van der Waals surface area contributed by atoms with E-state index in [0.29, 0.717) is 44.7 Å². The van der Waals surface area contributed by atoms with Gasteiger partial charge in [0.05, 0.1) is 30.0 Å². The molecule has 2 aromatic rings. The Kier molecular flexibility index (Phi) is 18.7. The average Bonchev–Trinajstić information content (AvgIpc) is 3.81. The van der Waals surface area contributed by atoms with Crippen LogP contribution in [0.5, 0.6) is 0 Å². The van der Waals surface area contributed by atoms with Crippen LogP contribution in [0.25, 0.3) is 11.3 Å². The van der Waals surface area contributed by atoms with Crippen molar-refractivity contribution in [3.05, 3.63) is 30.5 Å². The molecule has 2 fully saturated rings. The van der Waals surface area contributed by atoms with Crippen LogP contribution in [0.3, 0.4) is 0 Å². The number of nitrogens with two attached hydrogens (primary N) is 1. The number of amides is 1. The number of likely N-dealkylation sites (N-methyl/N-ethyl adjacent to an activating group) is 3. The van der Waals surface area contributed by atoms with Gasteiger partial charge in [-0.1, -0.05) is 45.0 Å². The van der Waals surface area contributed by atoms with E-state index < -0.39 is 53.3 Å². The third-order valence-corrected chi connectivity index (χ3v) is 14.1. The van der Waals surface area contributed by atoms with Crippen molar-refractivity contribution < 1.29 is 43.5 Å². The smallest absolute Gasteiger partial charge is 0.410 e. The van der Waals surface area contributed by atoms with Gasteiger partial charge in [-0.3, -0.25) is 19.2 Å². The molecule has 2 saturated heterocycles. The molecule has 362 valence electrons. The van der Waals surface area contributed by atoms with E-state index >= 15 is 0 Å². The van der Waals surface area contributed by atoms with Crippen molar-refractivity contribution in [3.8, 4) is 11.3 Å². The molecular formula is C47H80N8O9. The van der Waals surface area contributed by atoms with Crippen LogP contribution in [0.1, 0.15) is 87.5 Å². The second-order valence-electron chi connectivity index (χ2n) is 19.7. The number of aliphatic hydroxyl groups excluding tert-OH is 1. The quantitative estimate of drug-likeness (QED) is 0.0686. The van der Waals surface area contributed by atoms with E-state index in [1.54, 1.807) is 14.0 Å². The Balaban J connectivity index is 1.53. The number of anilines is 1. The summed E-state index contributed by atoms with van der Waals surface area (Å²) in [5, 5.41) is 30.2. The minimum atomic E-state index is -1.28. The van der Waals surface area contributed by atoms with E-state index in [4.69, 9.17) is 24.7 Å². The van der Waals surface area contributed by atoms with Gasteiger partial charge in [-0.15, -0.1) is 5.10 Å². The molecule has 4 N–H and O–H groups in total. The summed E-state index contributed by atoms with van der Waals surface area (Å²) < 4.78 is 27.6. The summed E-state index contributed by atoms with van der Waals surface area (Å²) >= 11 is 0. The summed E-state index contributed by atoms with van der Waals surface area (Å²) in [5.74, 6) is -3.89. The first-order chi connectivity index (χ1) is 30.0. The van der Waals surface area contributed by atoms with Crippen LogP contribution in [0, 0.1) is 23.7 Å². The van der Waals surface area contributed by atoms with Crippen molar-refractivity contribution in [1.29, 1.82) is 0 Å². The first-order valence-electron chi connectivity index (χ1n) is 23.0. The average molecular weight is 901 g/mol. The lowest BCUT2D eigenvalue weighted by atomic mass is 9.77. The number of unbranched alkanes of at least 4 members (excludes halogenated alkanes) is 1. The number of carboxylic acids is 1. The maximum atomic E-state index is 13.8. The molecule has 3 unspecified atom stereocenters. The highest BCUT2D eigenvalue weighted by atomic mass is 16.7. The van der Waals surface area contributed by atoms with Crippen LogP contribution in [-0.2, 0) is 35.1 Å². The van der Waals surface area contributed by atoms with Gasteiger partial charge in [0.1, 0.15) is 23.3 Å². The number of carbonyl (C=O) groups is 3. The number of ether oxygens (including phenoxy) is 4.